The highest BCUT2D eigenvalue weighted by molar-refractivity contribution is 5.77. The Balaban J connectivity index is 1.70. The minimum Gasteiger partial charge on any atom is -0.491 e. The third kappa shape index (κ3) is 3.44. The second-order valence-electron chi connectivity index (χ2n) is 4.76. The monoisotopic (exact) mass is 298 g/mol. The molecular formula is C17H18N2O3. The Bertz CT molecular complexity index is 725. The van der Waals surface area contributed by atoms with Gasteiger partial charge in [0.05, 0.1) is 13.2 Å². The SMILES string of the molecule is NCCOCCOc1ccc2oc(-c3ccccc3)nc2c1. The molecule has 22 heavy (non-hydrogen) atoms. The minimum atomic E-state index is 0.481. The van der Waals surface area contributed by atoms with Crippen LogP contribution in [0.25, 0.3) is 22.6 Å². The first kappa shape index (κ1) is 14.6. The van der Waals surface area contributed by atoms with Gasteiger partial charge in [0.25, 0.3) is 0 Å². The summed E-state index contributed by atoms with van der Waals surface area (Å²) in [5, 5.41) is 0. The van der Waals surface area contributed by atoms with Crippen LogP contribution in [0.15, 0.2) is 52.9 Å². The summed E-state index contributed by atoms with van der Waals surface area (Å²) in [6.45, 7) is 2.07. The van der Waals surface area contributed by atoms with E-state index in [0.717, 1.165) is 22.4 Å². The number of aromatic nitrogens is 1. The Morgan fingerprint density at radius 3 is 2.68 bits per heavy atom. The summed E-state index contributed by atoms with van der Waals surface area (Å²) in [5.74, 6) is 1.36. The summed E-state index contributed by atoms with van der Waals surface area (Å²) >= 11 is 0. The number of ether oxygens (including phenoxy) is 2. The van der Waals surface area contributed by atoms with Crippen LogP contribution in [0.2, 0.25) is 0 Å². The molecule has 0 radical (unpaired) electrons. The standard InChI is InChI=1S/C17H18N2O3/c18-8-9-20-10-11-21-14-6-7-16-15(12-14)19-17(22-16)13-4-2-1-3-5-13/h1-7,12H,8-11,18H2. The van der Waals surface area contributed by atoms with Crippen molar-refractivity contribution < 1.29 is 13.9 Å². The number of nitrogens with zero attached hydrogens (tertiary/aromatic N) is 1. The molecule has 0 unspecified atom stereocenters. The Morgan fingerprint density at radius 1 is 1.00 bits per heavy atom. The van der Waals surface area contributed by atoms with Gasteiger partial charge < -0.3 is 19.6 Å². The lowest BCUT2D eigenvalue weighted by Gasteiger charge is -2.05. The molecule has 0 spiro atoms. The van der Waals surface area contributed by atoms with Gasteiger partial charge in [-0.15, -0.1) is 0 Å². The predicted molar refractivity (Wildman–Crippen MR) is 84.8 cm³/mol. The summed E-state index contributed by atoms with van der Waals surface area (Å²) in [5.41, 5.74) is 7.82. The van der Waals surface area contributed by atoms with E-state index in [2.05, 4.69) is 4.98 Å². The van der Waals surface area contributed by atoms with Crippen LogP contribution in [-0.2, 0) is 4.74 Å². The highest BCUT2D eigenvalue weighted by atomic mass is 16.5. The Morgan fingerprint density at radius 2 is 1.86 bits per heavy atom. The van der Waals surface area contributed by atoms with Crippen molar-refractivity contribution >= 4 is 11.1 Å². The summed E-state index contributed by atoms with van der Waals surface area (Å²) in [6.07, 6.45) is 0. The van der Waals surface area contributed by atoms with E-state index in [4.69, 9.17) is 19.6 Å². The largest absolute Gasteiger partial charge is 0.491 e. The average molecular weight is 298 g/mol. The lowest BCUT2D eigenvalue weighted by molar-refractivity contribution is 0.106. The maximum atomic E-state index is 5.76. The quantitative estimate of drug-likeness (QED) is 0.679. The van der Waals surface area contributed by atoms with Crippen molar-refractivity contribution in [2.45, 2.75) is 0 Å². The molecule has 0 atom stereocenters. The molecule has 3 rings (SSSR count). The number of hydrogen-bond donors (Lipinski definition) is 1. The molecule has 2 N–H and O–H groups in total. The molecule has 0 fully saturated rings. The Kier molecular flexibility index (Phi) is 4.68. The summed E-state index contributed by atoms with van der Waals surface area (Å²) < 4.78 is 16.7. The topological polar surface area (TPSA) is 70.5 Å². The van der Waals surface area contributed by atoms with Crippen LogP contribution >= 0.6 is 0 Å². The van der Waals surface area contributed by atoms with Gasteiger partial charge in [-0.2, -0.15) is 0 Å². The fourth-order valence-corrected chi connectivity index (χ4v) is 2.11. The van der Waals surface area contributed by atoms with E-state index in [1.165, 1.54) is 0 Å². The van der Waals surface area contributed by atoms with Crippen LogP contribution in [-0.4, -0.2) is 31.3 Å². The molecular weight excluding hydrogens is 280 g/mol. The fraction of sp³-hybridized carbons (Fsp3) is 0.235. The first-order chi connectivity index (χ1) is 10.9. The van der Waals surface area contributed by atoms with E-state index in [1.54, 1.807) is 0 Å². The molecule has 5 nitrogen and oxygen atoms in total. The molecule has 1 heterocycles. The van der Waals surface area contributed by atoms with Gasteiger partial charge in [0.1, 0.15) is 17.9 Å². The van der Waals surface area contributed by atoms with Crippen molar-refractivity contribution in [1.82, 2.24) is 4.98 Å². The first-order valence-corrected chi connectivity index (χ1v) is 7.23. The molecule has 0 amide bonds. The van der Waals surface area contributed by atoms with Crippen LogP contribution in [0.4, 0.5) is 0 Å². The van der Waals surface area contributed by atoms with Gasteiger partial charge in [-0.3, -0.25) is 0 Å². The van der Waals surface area contributed by atoms with Gasteiger partial charge >= 0.3 is 0 Å². The lowest BCUT2D eigenvalue weighted by atomic mass is 10.2. The molecule has 5 heteroatoms. The fourth-order valence-electron chi connectivity index (χ4n) is 2.11. The van der Waals surface area contributed by atoms with Gasteiger partial charge in [-0.25, -0.2) is 4.98 Å². The molecule has 2 aromatic carbocycles. The summed E-state index contributed by atoms with van der Waals surface area (Å²) in [7, 11) is 0. The van der Waals surface area contributed by atoms with Crippen LogP contribution in [0.1, 0.15) is 0 Å². The van der Waals surface area contributed by atoms with Crippen molar-refractivity contribution in [2.24, 2.45) is 5.73 Å². The minimum absolute atomic E-state index is 0.481. The first-order valence-electron chi connectivity index (χ1n) is 7.23. The molecule has 0 bridgehead atoms. The van der Waals surface area contributed by atoms with Gasteiger partial charge in [-0.1, -0.05) is 18.2 Å². The van der Waals surface area contributed by atoms with E-state index in [1.807, 2.05) is 48.5 Å². The summed E-state index contributed by atoms with van der Waals surface area (Å²) in [4.78, 5) is 4.51. The molecule has 0 saturated heterocycles. The number of nitrogens with two attached hydrogens (primary N) is 1. The summed E-state index contributed by atoms with van der Waals surface area (Å²) in [6, 6.07) is 15.4. The van der Waals surface area contributed by atoms with E-state index < -0.39 is 0 Å². The Hall–Kier alpha value is -2.37. The second kappa shape index (κ2) is 7.06. The number of rotatable bonds is 7. The predicted octanol–water partition coefficient (Wildman–Crippen LogP) is 2.85. The molecule has 0 saturated carbocycles. The number of fused-ring (bicyclic) bond motifs is 1. The van der Waals surface area contributed by atoms with Crippen LogP contribution in [0.3, 0.4) is 0 Å². The lowest BCUT2D eigenvalue weighted by Crippen LogP contribution is -2.13. The maximum absolute atomic E-state index is 5.76. The number of oxazole rings is 1. The number of benzene rings is 2. The van der Waals surface area contributed by atoms with Gasteiger partial charge in [0.15, 0.2) is 5.58 Å². The van der Waals surface area contributed by atoms with E-state index in [9.17, 15) is 0 Å². The van der Waals surface area contributed by atoms with Crippen molar-refractivity contribution in [3.8, 4) is 17.2 Å². The Labute approximate surface area is 128 Å². The zero-order chi connectivity index (χ0) is 15.2. The van der Waals surface area contributed by atoms with E-state index >= 15 is 0 Å². The second-order valence-corrected chi connectivity index (χ2v) is 4.76. The molecule has 114 valence electrons. The zero-order valence-electron chi connectivity index (χ0n) is 12.2. The highest BCUT2D eigenvalue weighted by Gasteiger charge is 2.08. The highest BCUT2D eigenvalue weighted by Crippen LogP contribution is 2.26. The smallest absolute Gasteiger partial charge is 0.227 e. The van der Waals surface area contributed by atoms with Crippen molar-refractivity contribution in [2.75, 3.05) is 26.4 Å². The normalized spacial score (nSPS) is 11.0. The average Bonchev–Trinajstić information content (AvgIpc) is 2.99. The molecule has 3 aromatic rings. The van der Waals surface area contributed by atoms with Gasteiger partial charge in [0, 0.05) is 18.2 Å². The van der Waals surface area contributed by atoms with Crippen LogP contribution in [0, 0.1) is 0 Å². The molecule has 1 aromatic heterocycles. The maximum Gasteiger partial charge on any atom is 0.227 e. The van der Waals surface area contributed by atoms with E-state index in [0.29, 0.717) is 32.3 Å². The number of hydrogen-bond acceptors (Lipinski definition) is 5. The van der Waals surface area contributed by atoms with E-state index in [-0.39, 0.29) is 0 Å². The van der Waals surface area contributed by atoms with Crippen molar-refractivity contribution in [3.05, 3.63) is 48.5 Å². The third-order valence-electron chi connectivity index (χ3n) is 3.14. The molecule has 0 aliphatic rings. The zero-order valence-corrected chi connectivity index (χ0v) is 12.2. The molecule has 0 aliphatic heterocycles. The van der Waals surface area contributed by atoms with Gasteiger partial charge in [0.2, 0.25) is 5.89 Å². The van der Waals surface area contributed by atoms with Crippen molar-refractivity contribution in [3.63, 3.8) is 0 Å². The molecule has 0 aliphatic carbocycles. The van der Waals surface area contributed by atoms with Crippen LogP contribution < -0.4 is 10.5 Å². The van der Waals surface area contributed by atoms with Gasteiger partial charge in [-0.05, 0) is 24.3 Å². The van der Waals surface area contributed by atoms with Crippen LogP contribution in [0.5, 0.6) is 5.75 Å². The van der Waals surface area contributed by atoms with Crippen molar-refractivity contribution in [1.29, 1.82) is 0 Å². The third-order valence-corrected chi connectivity index (χ3v) is 3.14.